The van der Waals surface area contributed by atoms with Gasteiger partial charge in [-0.1, -0.05) is 42.5 Å². The minimum atomic E-state index is 0.510. The van der Waals surface area contributed by atoms with Gasteiger partial charge in [0, 0.05) is 43.8 Å². The highest BCUT2D eigenvalue weighted by Gasteiger charge is 2.17. The van der Waals surface area contributed by atoms with Gasteiger partial charge < -0.3 is 10.6 Å². The predicted octanol–water partition coefficient (Wildman–Crippen LogP) is 3.49. The Morgan fingerprint density at radius 1 is 1.04 bits per heavy atom. The van der Waals surface area contributed by atoms with E-state index in [1.54, 1.807) is 11.6 Å². The zero-order valence-electron chi connectivity index (χ0n) is 15.7. The lowest BCUT2D eigenvalue weighted by atomic mass is 10.1. The molecule has 0 unspecified atom stereocenters. The molecule has 1 aliphatic rings. The summed E-state index contributed by atoms with van der Waals surface area (Å²) in [5, 5.41) is 6.69. The smallest absolute Gasteiger partial charge is 0.205 e. The van der Waals surface area contributed by atoms with Gasteiger partial charge in [0.2, 0.25) is 5.13 Å². The SMILES string of the molecule is Nc1csc(NN=Cc2ccc(N3CCN(Cc4ccccc4)CC3)cc2)n1. The van der Waals surface area contributed by atoms with Gasteiger partial charge in [-0.2, -0.15) is 5.10 Å². The number of benzene rings is 2. The van der Waals surface area contributed by atoms with Crippen molar-refractivity contribution in [2.75, 3.05) is 42.2 Å². The zero-order chi connectivity index (χ0) is 19.2. The third-order valence-corrected chi connectivity index (χ3v) is 5.54. The number of thiazole rings is 1. The van der Waals surface area contributed by atoms with Crippen molar-refractivity contribution in [3.63, 3.8) is 0 Å². The van der Waals surface area contributed by atoms with Gasteiger partial charge in [0.15, 0.2) is 0 Å². The summed E-state index contributed by atoms with van der Waals surface area (Å²) in [4.78, 5) is 9.07. The van der Waals surface area contributed by atoms with E-state index in [0.717, 1.165) is 38.3 Å². The standard InChI is InChI=1S/C21H24N6S/c22-20-16-28-21(24-20)25-23-14-17-6-8-19(9-7-17)27-12-10-26(11-13-27)15-18-4-2-1-3-5-18/h1-9,14,16H,10-13,15,22H2,(H,24,25). The highest BCUT2D eigenvalue weighted by atomic mass is 32.1. The number of hydrazone groups is 1. The molecule has 7 heteroatoms. The van der Waals surface area contributed by atoms with E-state index < -0.39 is 0 Å². The zero-order valence-corrected chi connectivity index (χ0v) is 16.5. The maximum atomic E-state index is 5.60. The van der Waals surface area contributed by atoms with Crippen molar-refractivity contribution in [1.29, 1.82) is 0 Å². The molecule has 0 spiro atoms. The maximum absolute atomic E-state index is 5.60. The van der Waals surface area contributed by atoms with Crippen molar-refractivity contribution in [3.8, 4) is 0 Å². The Kier molecular flexibility index (Phi) is 5.84. The molecule has 28 heavy (non-hydrogen) atoms. The van der Waals surface area contributed by atoms with E-state index in [2.05, 4.69) is 79.9 Å². The molecular formula is C21H24N6S. The van der Waals surface area contributed by atoms with Crippen LogP contribution in [0.15, 0.2) is 65.1 Å². The molecule has 0 saturated carbocycles. The van der Waals surface area contributed by atoms with Gasteiger partial charge in [-0.3, -0.25) is 10.3 Å². The fourth-order valence-electron chi connectivity index (χ4n) is 3.28. The number of piperazine rings is 1. The van der Waals surface area contributed by atoms with Gasteiger partial charge in [-0.25, -0.2) is 4.98 Å². The number of nitrogens with two attached hydrogens (primary N) is 1. The molecule has 1 fully saturated rings. The lowest BCUT2D eigenvalue weighted by Crippen LogP contribution is -2.45. The molecule has 0 bridgehead atoms. The van der Waals surface area contributed by atoms with Crippen LogP contribution in [0.25, 0.3) is 0 Å². The Morgan fingerprint density at radius 3 is 2.46 bits per heavy atom. The summed E-state index contributed by atoms with van der Waals surface area (Å²) in [6, 6.07) is 19.2. The van der Waals surface area contributed by atoms with Crippen LogP contribution in [-0.4, -0.2) is 42.3 Å². The molecule has 0 aliphatic carbocycles. The number of hydrogen-bond donors (Lipinski definition) is 2. The monoisotopic (exact) mass is 392 g/mol. The molecule has 1 aliphatic heterocycles. The van der Waals surface area contributed by atoms with E-state index in [-0.39, 0.29) is 0 Å². The fraction of sp³-hybridized carbons (Fsp3) is 0.238. The largest absolute Gasteiger partial charge is 0.383 e. The average molecular weight is 393 g/mol. The fourth-order valence-corrected chi connectivity index (χ4v) is 3.83. The van der Waals surface area contributed by atoms with Crippen molar-refractivity contribution in [2.24, 2.45) is 5.10 Å². The van der Waals surface area contributed by atoms with Crippen molar-refractivity contribution >= 4 is 34.2 Å². The first-order chi connectivity index (χ1) is 13.8. The van der Waals surface area contributed by atoms with Crippen molar-refractivity contribution < 1.29 is 0 Å². The molecule has 6 nitrogen and oxygen atoms in total. The Morgan fingerprint density at radius 2 is 1.79 bits per heavy atom. The number of aromatic nitrogens is 1. The molecule has 0 radical (unpaired) electrons. The van der Waals surface area contributed by atoms with Crippen molar-refractivity contribution in [3.05, 3.63) is 71.1 Å². The molecule has 1 aromatic heterocycles. The summed E-state index contributed by atoms with van der Waals surface area (Å²) in [5.41, 5.74) is 12.2. The van der Waals surface area contributed by atoms with Crippen LogP contribution in [0.3, 0.4) is 0 Å². The minimum Gasteiger partial charge on any atom is -0.383 e. The number of nitrogen functional groups attached to an aromatic ring is 1. The van der Waals surface area contributed by atoms with Crippen LogP contribution in [-0.2, 0) is 6.54 Å². The molecule has 3 aromatic rings. The van der Waals surface area contributed by atoms with E-state index >= 15 is 0 Å². The molecular weight excluding hydrogens is 368 g/mol. The first-order valence-corrected chi connectivity index (χ1v) is 10.3. The van der Waals surface area contributed by atoms with Crippen molar-refractivity contribution in [2.45, 2.75) is 6.54 Å². The van der Waals surface area contributed by atoms with Gasteiger partial charge in [0.1, 0.15) is 5.82 Å². The molecule has 2 aromatic carbocycles. The van der Waals surface area contributed by atoms with Gasteiger partial charge in [-0.15, -0.1) is 11.3 Å². The number of rotatable bonds is 6. The third-order valence-electron chi connectivity index (χ3n) is 4.78. The Balaban J connectivity index is 1.27. The molecule has 2 heterocycles. The number of nitrogens with one attached hydrogen (secondary N) is 1. The molecule has 0 atom stereocenters. The first-order valence-electron chi connectivity index (χ1n) is 9.38. The molecule has 144 valence electrons. The Hall–Kier alpha value is -2.90. The van der Waals surface area contributed by atoms with Crippen LogP contribution in [0.5, 0.6) is 0 Å². The van der Waals surface area contributed by atoms with Crippen LogP contribution in [0.4, 0.5) is 16.6 Å². The topological polar surface area (TPSA) is 69.8 Å². The first kappa shape index (κ1) is 18.5. The Bertz CT molecular complexity index is 898. The molecule has 1 saturated heterocycles. The third kappa shape index (κ3) is 4.88. The molecule has 4 rings (SSSR count). The second kappa shape index (κ2) is 8.86. The summed E-state index contributed by atoms with van der Waals surface area (Å²) in [7, 11) is 0. The molecule has 3 N–H and O–H groups in total. The minimum absolute atomic E-state index is 0.510. The maximum Gasteiger partial charge on any atom is 0.205 e. The number of nitrogens with zero attached hydrogens (tertiary/aromatic N) is 4. The number of anilines is 3. The van der Waals surface area contributed by atoms with Crippen LogP contribution in [0, 0.1) is 0 Å². The summed E-state index contributed by atoms with van der Waals surface area (Å²) in [6.45, 7) is 5.29. The van der Waals surface area contributed by atoms with Crippen LogP contribution < -0.4 is 16.1 Å². The average Bonchev–Trinajstić information content (AvgIpc) is 3.15. The van der Waals surface area contributed by atoms with Gasteiger partial charge in [0.05, 0.1) is 6.21 Å². The lowest BCUT2D eigenvalue weighted by molar-refractivity contribution is 0.250. The van der Waals surface area contributed by atoms with Crippen LogP contribution in [0.1, 0.15) is 11.1 Å². The summed E-state index contributed by atoms with van der Waals surface area (Å²) < 4.78 is 0. The predicted molar refractivity (Wildman–Crippen MR) is 118 cm³/mol. The van der Waals surface area contributed by atoms with E-state index in [9.17, 15) is 0 Å². The number of hydrogen-bond acceptors (Lipinski definition) is 7. The van der Waals surface area contributed by atoms with Gasteiger partial charge in [0.25, 0.3) is 0 Å². The van der Waals surface area contributed by atoms with Gasteiger partial charge >= 0.3 is 0 Å². The normalized spacial score (nSPS) is 15.2. The lowest BCUT2D eigenvalue weighted by Gasteiger charge is -2.36. The summed E-state index contributed by atoms with van der Waals surface area (Å²) in [5.74, 6) is 0.510. The summed E-state index contributed by atoms with van der Waals surface area (Å²) in [6.07, 6.45) is 1.79. The second-order valence-electron chi connectivity index (χ2n) is 6.79. The quantitative estimate of drug-likeness (QED) is 0.496. The van der Waals surface area contributed by atoms with E-state index in [0.29, 0.717) is 10.9 Å². The van der Waals surface area contributed by atoms with E-state index in [4.69, 9.17) is 5.73 Å². The second-order valence-corrected chi connectivity index (χ2v) is 7.65. The highest BCUT2D eigenvalue weighted by Crippen LogP contribution is 2.19. The molecule has 0 amide bonds. The highest BCUT2D eigenvalue weighted by molar-refractivity contribution is 7.14. The van der Waals surface area contributed by atoms with E-state index in [1.165, 1.54) is 22.6 Å². The Labute approximate surface area is 169 Å². The summed E-state index contributed by atoms with van der Waals surface area (Å²) >= 11 is 1.43. The van der Waals surface area contributed by atoms with Crippen LogP contribution >= 0.6 is 11.3 Å². The van der Waals surface area contributed by atoms with Crippen LogP contribution in [0.2, 0.25) is 0 Å². The van der Waals surface area contributed by atoms with Crippen molar-refractivity contribution in [1.82, 2.24) is 9.88 Å². The van der Waals surface area contributed by atoms with E-state index in [1.807, 2.05) is 0 Å². The van der Waals surface area contributed by atoms with Gasteiger partial charge in [-0.05, 0) is 23.3 Å².